The predicted molar refractivity (Wildman–Crippen MR) is 104 cm³/mol. The molecule has 2 amide bonds. The summed E-state index contributed by atoms with van der Waals surface area (Å²) in [6.07, 6.45) is 3.87. The van der Waals surface area contributed by atoms with Gasteiger partial charge in [0.05, 0.1) is 11.5 Å². The van der Waals surface area contributed by atoms with E-state index in [1.807, 2.05) is 44.2 Å². The van der Waals surface area contributed by atoms with Crippen LogP contribution in [0.15, 0.2) is 48.8 Å². The third-order valence-electron chi connectivity index (χ3n) is 4.18. The average Bonchev–Trinajstić information content (AvgIpc) is 3.15. The topological polar surface area (TPSA) is 114 Å². The first kappa shape index (κ1) is 20.7. The number of nitrogens with one attached hydrogen (secondary N) is 3. The first-order valence-corrected chi connectivity index (χ1v) is 9.01. The molecule has 0 aliphatic carbocycles. The molecule has 2 atom stereocenters. The second kappa shape index (κ2) is 9.94. The average molecular weight is 371 g/mol. The van der Waals surface area contributed by atoms with E-state index in [1.165, 1.54) is 0 Å². The van der Waals surface area contributed by atoms with E-state index < -0.39 is 25.0 Å². The molecule has 0 spiro atoms. The maximum atomic E-state index is 12.8. The van der Waals surface area contributed by atoms with Crippen molar-refractivity contribution in [2.24, 2.45) is 5.92 Å². The smallest absolute Gasteiger partial charge is 0.426 e. The van der Waals surface area contributed by atoms with Crippen LogP contribution in [0.5, 0.6) is 0 Å². The second-order valence-electron chi connectivity index (χ2n) is 6.97. The zero-order chi connectivity index (χ0) is 19.8. The van der Waals surface area contributed by atoms with Gasteiger partial charge in [-0.1, -0.05) is 44.2 Å². The number of H-pyrrole nitrogens is 1. The molecule has 1 aromatic heterocycles. The van der Waals surface area contributed by atoms with Crippen molar-refractivity contribution in [3.05, 3.63) is 59.9 Å². The lowest BCUT2D eigenvalue weighted by Gasteiger charge is -2.24. The van der Waals surface area contributed by atoms with Crippen molar-refractivity contribution in [1.82, 2.24) is 15.6 Å². The number of carbonyl (C=O) groups is 2. The Bertz CT molecular complexity index is 720. The summed E-state index contributed by atoms with van der Waals surface area (Å²) in [5.41, 5.74) is 1.30. The van der Waals surface area contributed by atoms with Gasteiger partial charge in [0.15, 0.2) is 0 Å². The third kappa shape index (κ3) is 6.58. The van der Waals surface area contributed by atoms with Gasteiger partial charge in [-0.2, -0.15) is 0 Å². The molecule has 5 N–H and O–H groups in total. The fourth-order valence-electron chi connectivity index (χ4n) is 2.81. The molecule has 1 aromatic carbocycles. The molecule has 0 radical (unpaired) electrons. The molecule has 7 nitrogen and oxygen atoms in total. The molecule has 0 bridgehead atoms. The lowest BCUT2D eigenvalue weighted by molar-refractivity contribution is -0.123. The van der Waals surface area contributed by atoms with Gasteiger partial charge in [-0.3, -0.25) is 9.59 Å². The molecule has 2 aromatic rings. The molecule has 2 rings (SSSR count). The highest BCUT2D eigenvalue weighted by Crippen LogP contribution is 2.09. The Morgan fingerprint density at radius 2 is 1.81 bits per heavy atom. The Balaban J connectivity index is 2.14. The minimum Gasteiger partial charge on any atom is -0.426 e. The van der Waals surface area contributed by atoms with Crippen LogP contribution in [0.2, 0.25) is 0 Å². The number of rotatable bonds is 9. The highest BCUT2D eigenvalue weighted by molar-refractivity contribution is 6.43. The summed E-state index contributed by atoms with van der Waals surface area (Å²) < 4.78 is 0. The standard InChI is InChI=1S/C19H26BN3O4/c1-13(2)10-17(20(26)27)23-19(25)16(11-14-6-4-3-5-7-14)22-18(24)15-8-9-21-12-15/h3-9,12-13,16-17,21,26-27H,10-11H2,1-2H3,(H,22,24)(H,23,25)/t16-,17-/m0/s1. The van der Waals surface area contributed by atoms with E-state index in [1.54, 1.807) is 18.5 Å². The quantitative estimate of drug-likeness (QED) is 0.421. The highest BCUT2D eigenvalue weighted by atomic mass is 16.4. The van der Waals surface area contributed by atoms with Gasteiger partial charge in [-0.25, -0.2) is 0 Å². The Kier molecular flexibility index (Phi) is 7.63. The van der Waals surface area contributed by atoms with Crippen LogP contribution >= 0.6 is 0 Å². The van der Waals surface area contributed by atoms with E-state index in [9.17, 15) is 19.6 Å². The van der Waals surface area contributed by atoms with Crippen molar-refractivity contribution in [3.8, 4) is 0 Å². The maximum absolute atomic E-state index is 12.8. The zero-order valence-electron chi connectivity index (χ0n) is 15.6. The SMILES string of the molecule is CC(C)C[C@H](NC(=O)[C@H](Cc1ccccc1)NC(=O)c1cc[nH]c1)B(O)O. The largest absolute Gasteiger partial charge is 0.475 e. The fraction of sp³-hybridized carbons (Fsp3) is 0.368. The minimum atomic E-state index is -1.67. The molecule has 8 heteroatoms. The molecule has 0 saturated carbocycles. The molecule has 0 aliphatic heterocycles. The number of aromatic nitrogens is 1. The molecule has 0 saturated heterocycles. The minimum absolute atomic E-state index is 0.166. The first-order valence-electron chi connectivity index (χ1n) is 9.01. The molecule has 27 heavy (non-hydrogen) atoms. The van der Waals surface area contributed by atoms with Crippen LogP contribution < -0.4 is 10.6 Å². The normalized spacial score (nSPS) is 13.1. The molecular formula is C19H26BN3O4. The lowest BCUT2D eigenvalue weighted by atomic mass is 9.75. The highest BCUT2D eigenvalue weighted by Gasteiger charge is 2.30. The summed E-state index contributed by atoms with van der Waals surface area (Å²) >= 11 is 0. The predicted octanol–water partition coefficient (Wildman–Crippen LogP) is 0.899. The van der Waals surface area contributed by atoms with E-state index in [0.717, 1.165) is 5.56 Å². The van der Waals surface area contributed by atoms with E-state index >= 15 is 0 Å². The van der Waals surface area contributed by atoms with E-state index in [0.29, 0.717) is 18.4 Å². The summed E-state index contributed by atoms with van der Waals surface area (Å²) in [5, 5.41) is 24.5. The van der Waals surface area contributed by atoms with Crippen molar-refractivity contribution >= 4 is 18.9 Å². The molecule has 144 valence electrons. The van der Waals surface area contributed by atoms with E-state index in [2.05, 4.69) is 15.6 Å². The summed E-state index contributed by atoms with van der Waals surface area (Å²) in [5.74, 6) is -1.47. The number of benzene rings is 1. The second-order valence-corrected chi connectivity index (χ2v) is 6.97. The molecule has 1 heterocycles. The molecule has 0 unspecified atom stereocenters. The number of carbonyl (C=O) groups excluding carboxylic acids is 2. The Hall–Kier alpha value is -2.58. The van der Waals surface area contributed by atoms with E-state index in [-0.39, 0.29) is 11.8 Å². The first-order chi connectivity index (χ1) is 12.9. The van der Waals surface area contributed by atoms with Gasteiger partial charge in [-0.15, -0.1) is 0 Å². The van der Waals surface area contributed by atoms with Crippen LogP contribution in [0.3, 0.4) is 0 Å². The monoisotopic (exact) mass is 371 g/mol. The number of amides is 2. The number of hydrogen-bond donors (Lipinski definition) is 5. The third-order valence-corrected chi connectivity index (χ3v) is 4.18. The van der Waals surface area contributed by atoms with Crippen LogP contribution in [0.1, 0.15) is 36.2 Å². The molecular weight excluding hydrogens is 345 g/mol. The summed E-state index contributed by atoms with van der Waals surface area (Å²) in [7, 11) is -1.67. The van der Waals surface area contributed by atoms with Crippen LogP contribution in [0, 0.1) is 5.92 Å². The Morgan fingerprint density at radius 1 is 1.11 bits per heavy atom. The van der Waals surface area contributed by atoms with Crippen molar-refractivity contribution in [2.75, 3.05) is 0 Å². The van der Waals surface area contributed by atoms with Gasteiger partial charge in [0.1, 0.15) is 6.04 Å². The Labute approximate surface area is 159 Å². The van der Waals surface area contributed by atoms with Crippen molar-refractivity contribution in [2.45, 2.75) is 38.7 Å². The van der Waals surface area contributed by atoms with Crippen LogP contribution in [0.25, 0.3) is 0 Å². The number of hydrogen-bond acceptors (Lipinski definition) is 4. The zero-order valence-corrected chi connectivity index (χ0v) is 15.6. The summed E-state index contributed by atoms with van der Waals surface area (Å²) in [6.45, 7) is 3.85. The van der Waals surface area contributed by atoms with Crippen molar-refractivity contribution < 1.29 is 19.6 Å². The van der Waals surface area contributed by atoms with Gasteiger partial charge < -0.3 is 25.7 Å². The summed E-state index contributed by atoms with van der Waals surface area (Å²) in [6, 6.07) is 10.1. The van der Waals surface area contributed by atoms with Gasteiger partial charge in [0.25, 0.3) is 5.91 Å². The summed E-state index contributed by atoms with van der Waals surface area (Å²) in [4.78, 5) is 28.0. The van der Waals surface area contributed by atoms with Gasteiger partial charge in [-0.05, 0) is 24.0 Å². The number of aromatic amines is 1. The van der Waals surface area contributed by atoms with Crippen LogP contribution in [0.4, 0.5) is 0 Å². The van der Waals surface area contributed by atoms with Gasteiger partial charge >= 0.3 is 7.12 Å². The van der Waals surface area contributed by atoms with E-state index in [4.69, 9.17) is 0 Å². The van der Waals surface area contributed by atoms with Crippen LogP contribution in [-0.4, -0.2) is 45.9 Å². The van der Waals surface area contributed by atoms with Crippen molar-refractivity contribution in [3.63, 3.8) is 0 Å². The Morgan fingerprint density at radius 3 is 2.37 bits per heavy atom. The lowest BCUT2D eigenvalue weighted by Crippen LogP contribution is -2.55. The fourth-order valence-corrected chi connectivity index (χ4v) is 2.81. The molecule has 0 fully saturated rings. The molecule has 0 aliphatic rings. The van der Waals surface area contributed by atoms with Crippen molar-refractivity contribution in [1.29, 1.82) is 0 Å². The van der Waals surface area contributed by atoms with Gasteiger partial charge in [0.2, 0.25) is 5.91 Å². The van der Waals surface area contributed by atoms with Crippen LogP contribution in [-0.2, 0) is 11.2 Å². The maximum Gasteiger partial charge on any atom is 0.475 e. The van der Waals surface area contributed by atoms with Gasteiger partial charge in [0, 0.05) is 18.8 Å².